The van der Waals surface area contributed by atoms with Gasteiger partial charge < -0.3 is 4.74 Å². The van der Waals surface area contributed by atoms with E-state index in [-0.39, 0.29) is 5.97 Å². The molecule has 3 heteroatoms. The highest BCUT2D eigenvalue weighted by Gasteiger charge is 2.10. The van der Waals surface area contributed by atoms with Gasteiger partial charge in [-0.3, -0.25) is 4.79 Å². The molecule has 66 valence electrons. The zero-order chi connectivity index (χ0) is 9.14. The normalized spacial score (nSPS) is 10.3. The molecule has 0 atom stereocenters. The van der Waals surface area contributed by atoms with Crippen LogP contribution in [0.25, 0.3) is 0 Å². The predicted molar refractivity (Wildman–Crippen MR) is 49.7 cm³/mol. The van der Waals surface area contributed by atoms with E-state index in [0.29, 0.717) is 5.92 Å². The first-order valence-corrected chi connectivity index (χ1v) is 4.75. The number of rotatable bonds is 2. The fourth-order valence-electron chi connectivity index (χ4n) is 0.947. The number of hydrogen-bond acceptors (Lipinski definition) is 3. The Morgan fingerprint density at radius 3 is 2.75 bits per heavy atom. The molecule has 0 aromatic carbocycles. The van der Waals surface area contributed by atoms with E-state index in [9.17, 15) is 4.79 Å². The summed E-state index contributed by atoms with van der Waals surface area (Å²) in [5, 5.41) is 2.67. The summed E-state index contributed by atoms with van der Waals surface area (Å²) in [6.07, 6.45) is 0. The number of hydrogen-bond donors (Lipinski definition) is 0. The van der Waals surface area contributed by atoms with E-state index in [2.05, 4.69) is 13.8 Å². The zero-order valence-electron chi connectivity index (χ0n) is 7.46. The standard InChI is InChI=1S/C9H12O2S/c1-6(2)8-4-5-12-9(8)11-7(3)10/h4-6H,1-3H3. The second kappa shape index (κ2) is 3.72. The highest BCUT2D eigenvalue weighted by molar-refractivity contribution is 7.12. The molecule has 1 aromatic rings. The van der Waals surface area contributed by atoms with E-state index in [0.717, 1.165) is 10.6 Å². The van der Waals surface area contributed by atoms with Crippen LogP contribution >= 0.6 is 11.3 Å². The van der Waals surface area contributed by atoms with Gasteiger partial charge in [-0.1, -0.05) is 13.8 Å². The van der Waals surface area contributed by atoms with E-state index in [1.54, 1.807) is 0 Å². The summed E-state index contributed by atoms with van der Waals surface area (Å²) in [5.41, 5.74) is 1.11. The van der Waals surface area contributed by atoms with Crippen LogP contribution in [0.1, 0.15) is 32.3 Å². The molecule has 0 spiro atoms. The number of ether oxygens (including phenoxy) is 1. The molecule has 0 fully saturated rings. The van der Waals surface area contributed by atoms with Crippen molar-refractivity contribution in [2.75, 3.05) is 0 Å². The third-order valence-corrected chi connectivity index (χ3v) is 2.32. The molecule has 0 bridgehead atoms. The zero-order valence-corrected chi connectivity index (χ0v) is 8.27. The van der Waals surface area contributed by atoms with Gasteiger partial charge in [-0.2, -0.15) is 0 Å². The summed E-state index contributed by atoms with van der Waals surface area (Å²) >= 11 is 1.46. The summed E-state index contributed by atoms with van der Waals surface area (Å²) in [6, 6.07) is 1.99. The van der Waals surface area contributed by atoms with E-state index in [1.807, 2.05) is 11.4 Å². The Labute approximate surface area is 76.2 Å². The Hall–Kier alpha value is -0.830. The second-order valence-electron chi connectivity index (χ2n) is 2.91. The summed E-state index contributed by atoms with van der Waals surface area (Å²) in [7, 11) is 0. The SMILES string of the molecule is CC(=O)Oc1sccc1C(C)C. The van der Waals surface area contributed by atoms with E-state index in [1.165, 1.54) is 18.3 Å². The lowest BCUT2D eigenvalue weighted by Gasteiger charge is -2.05. The van der Waals surface area contributed by atoms with Gasteiger partial charge in [-0.15, -0.1) is 11.3 Å². The first kappa shape index (κ1) is 9.26. The minimum atomic E-state index is -0.251. The molecule has 1 aromatic heterocycles. The van der Waals surface area contributed by atoms with Gasteiger partial charge >= 0.3 is 5.97 Å². The molecule has 1 heterocycles. The topological polar surface area (TPSA) is 26.3 Å². The van der Waals surface area contributed by atoms with Crippen LogP contribution < -0.4 is 4.74 Å². The Morgan fingerprint density at radius 1 is 1.58 bits per heavy atom. The molecule has 0 aliphatic heterocycles. The Morgan fingerprint density at radius 2 is 2.25 bits per heavy atom. The summed E-state index contributed by atoms with van der Waals surface area (Å²) < 4.78 is 5.03. The van der Waals surface area contributed by atoms with Crippen molar-refractivity contribution in [2.45, 2.75) is 26.7 Å². The van der Waals surface area contributed by atoms with E-state index in [4.69, 9.17) is 4.74 Å². The monoisotopic (exact) mass is 184 g/mol. The first-order chi connectivity index (χ1) is 5.61. The highest BCUT2D eigenvalue weighted by atomic mass is 32.1. The maximum absolute atomic E-state index is 10.7. The molecule has 0 saturated carbocycles. The minimum absolute atomic E-state index is 0.251. The maximum atomic E-state index is 10.7. The van der Waals surface area contributed by atoms with Gasteiger partial charge in [-0.05, 0) is 17.4 Å². The van der Waals surface area contributed by atoms with E-state index >= 15 is 0 Å². The molecule has 0 aliphatic carbocycles. The Balaban J connectivity index is 2.84. The van der Waals surface area contributed by atoms with Gasteiger partial charge in [0.15, 0.2) is 5.06 Å². The average Bonchev–Trinajstić information content (AvgIpc) is 2.33. The average molecular weight is 184 g/mol. The van der Waals surface area contributed by atoms with Crippen LogP contribution in [0.15, 0.2) is 11.4 Å². The van der Waals surface area contributed by atoms with Gasteiger partial charge in [0.2, 0.25) is 0 Å². The molecular formula is C9H12O2S. The van der Waals surface area contributed by atoms with Crippen LogP contribution in [0.3, 0.4) is 0 Å². The Bertz CT molecular complexity index is 276. The molecule has 0 unspecified atom stereocenters. The maximum Gasteiger partial charge on any atom is 0.308 e. The fourth-order valence-corrected chi connectivity index (χ4v) is 1.89. The number of carbonyl (C=O) groups is 1. The first-order valence-electron chi connectivity index (χ1n) is 3.87. The minimum Gasteiger partial charge on any atom is -0.415 e. The van der Waals surface area contributed by atoms with Gasteiger partial charge in [0.1, 0.15) is 0 Å². The molecular weight excluding hydrogens is 172 g/mol. The molecule has 0 aliphatic rings. The van der Waals surface area contributed by atoms with Crippen molar-refractivity contribution in [3.63, 3.8) is 0 Å². The van der Waals surface area contributed by atoms with Crippen LogP contribution in [0.5, 0.6) is 5.06 Å². The lowest BCUT2D eigenvalue weighted by molar-refractivity contribution is -0.131. The van der Waals surface area contributed by atoms with Crippen LogP contribution in [0, 0.1) is 0 Å². The Kier molecular flexibility index (Phi) is 2.87. The van der Waals surface area contributed by atoms with Crippen molar-refractivity contribution in [2.24, 2.45) is 0 Å². The summed E-state index contributed by atoms with van der Waals surface area (Å²) in [4.78, 5) is 10.7. The molecule has 0 radical (unpaired) electrons. The van der Waals surface area contributed by atoms with Crippen molar-refractivity contribution >= 4 is 17.3 Å². The quantitative estimate of drug-likeness (QED) is 0.661. The largest absolute Gasteiger partial charge is 0.415 e. The summed E-state index contributed by atoms with van der Waals surface area (Å²) in [5.74, 6) is 0.157. The lowest BCUT2D eigenvalue weighted by Crippen LogP contribution is -2.02. The van der Waals surface area contributed by atoms with Gasteiger partial charge in [0.25, 0.3) is 0 Å². The van der Waals surface area contributed by atoms with Crippen LogP contribution in [-0.2, 0) is 4.79 Å². The second-order valence-corrected chi connectivity index (χ2v) is 3.79. The number of carbonyl (C=O) groups excluding carboxylic acids is 1. The third-order valence-electron chi connectivity index (χ3n) is 1.52. The van der Waals surface area contributed by atoms with Crippen molar-refractivity contribution in [3.05, 3.63) is 17.0 Å². The number of thiophene rings is 1. The number of esters is 1. The van der Waals surface area contributed by atoms with Gasteiger partial charge in [-0.25, -0.2) is 0 Å². The third kappa shape index (κ3) is 2.08. The van der Waals surface area contributed by atoms with Gasteiger partial charge in [0.05, 0.1) is 0 Å². The van der Waals surface area contributed by atoms with Crippen molar-refractivity contribution in [3.8, 4) is 5.06 Å². The van der Waals surface area contributed by atoms with E-state index < -0.39 is 0 Å². The summed E-state index contributed by atoms with van der Waals surface area (Å²) in [6.45, 7) is 5.58. The van der Waals surface area contributed by atoms with Crippen LogP contribution in [0.2, 0.25) is 0 Å². The molecule has 2 nitrogen and oxygen atoms in total. The van der Waals surface area contributed by atoms with Crippen molar-refractivity contribution < 1.29 is 9.53 Å². The molecule has 0 N–H and O–H groups in total. The lowest BCUT2D eigenvalue weighted by atomic mass is 10.1. The highest BCUT2D eigenvalue weighted by Crippen LogP contribution is 2.31. The smallest absolute Gasteiger partial charge is 0.308 e. The molecule has 12 heavy (non-hydrogen) atoms. The van der Waals surface area contributed by atoms with Crippen LogP contribution in [0.4, 0.5) is 0 Å². The van der Waals surface area contributed by atoms with Gasteiger partial charge in [0, 0.05) is 12.5 Å². The van der Waals surface area contributed by atoms with Crippen molar-refractivity contribution in [1.82, 2.24) is 0 Å². The molecule has 1 rings (SSSR count). The van der Waals surface area contributed by atoms with Crippen LogP contribution in [-0.4, -0.2) is 5.97 Å². The fraction of sp³-hybridized carbons (Fsp3) is 0.444. The van der Waals surface area contributed by atoms with Crippen molar-refractivity contribution in [1.29, 1.82) is 0 Å². The molecule has 0 amide bonds. The molecule has 0 saturated heterocycles. The predicted octanol–water partition coefficient (Wildman–Crippen LogP) is 2.80.